The second-order valence-electron chi connectivity index (χ2n) is 4.02. The predicted octanol–water partition coefficient (Wildman–Crippen LogP) is 1.01. The van der Waals surface area contributed by atoms with Gasteiger partial charge in [0.15, 0.2) is 0 Å². The first-order chi connectivity index (χ1) is 8.59. The third kappa shape index (κ3) is 2.65. The Balaban J connectivity index is 2.10. The van der Waals surface area contributed by atoms with E-state index in [1.807, 2.05) is 0 Å². The van der Waals surface area contributed by atoms with E-state index in [1.165, 1.54) is 12.1 Å². The van der Waals surface area contributed by atoms with Gasteiger partial charge in [-0.25, -0.2) is 4.79 Å². The van der Waals surface area contributed by atoms with Crippen molar-refractivity contribution in [2.45, 2.75) is 6.04 Å². The molecule has 5 nitrogen and oxygen atoms in total. The van der Waals surface area contributed by atoms with Crippen molar-refractivity contribution < 1.29 is 14.7 Å². The van der Waals surface area contributed by atoms with Crippen LogP contribution < -0.4 is 10.2 Å². The van der Waals surface area contributed by atoms with Crippen LogP contribution in [0.3, 0.4) is 0 Å². The molecule has 0 spiro atoms. The van der Waals surface area contributed by atoms with Crippen molar-refractivity contribution in [3.05, 3.63) is 29.8 Å². The molecule has 1 aliphatic rings. The molecule has 2 rings (SSSR count). The molecule has 0 aromatic heterocycles. The number of amides is 1. The Bertz CT molecular complexity index is 455. The van der Waals surface area contributed by atoms with E-state index in [4.69, 9.17) is 5.11 Å². The van der Waals surface area contributed by atoms with Crippen LogP contribution in [0.2, 0.25) is 0 Å². The summed E-state index contributed by atoms with van der Waals surface area (Å²) in [6, 6.07) is 6.13. The van der Waals surface area contributed by atoms with Gasteiger partial charge in [-0.15, -0.1) is 11.8 Å². The topological polar surface area (TPSA) is 69.6 Å². The van der Waals surface area contributed by atoms with Crippen LogP contribution in [0.15, 0.2) is 24.3 Å². The summed E-state index contributed by atoms with van der Waals surface area (Å²) in [6.07, 6.45) is 0. The number of benzene rings is 1. The third-order valence-corrected chi connectivity index (χ3v) is 3.79. The number of hydrogen-bond acceptors (Lipinski definition) is 4. The van der Waals surface area contributed by atoms with Crippen molar-refractivity contribution in [1.82, 2.24) is 5.32 Å². The fourth-order valence-electron chi connectivity index (χ4n) is 1.74. The van der Waals surface area contributed by atoms with Gasteiger partial charge in [-0.05, 0) is 24.3 Å². The number of nitrogens with one attached hydrogen (secondary N) is 1. The molecule has 0 saturated carbocycles. The summed E-state index contributed by atoms with van der Waals surface area (Å²) >= 11 is 1.69. The number of likely N-dealkylation sites (N-methyl/N-ethyl adjacent to an activating group) is 1. The Labute approximate surface area is 109 Å². The standard InChI is InChI=1S/C12H14N2O3S/c1-14(11(15)10-6-18-7-13-10)9-4-2-8(3-5-9)12(16)17/h2-5,10,13H,6-7H2,1H3,(H,16,17). The highest BCUT2D eigenvalue weighted by Gasteiger charge is 2.26. The quantitative estimate of drug-likeness (QED) is 0.854. The number of carbonyl (C=O) groups excluding carboxylic acids is 1. The normalized spacial score (nSPS) is 18.6. The van der Waals surface area contributed by atoms with E-state index in [0.717, 1.165) is 11.6 Å². The Hall–Kier alpha value is -1.53. The average Bonchev–Trinajstić information content (AvgIpc) is 2.91. The molecule has 1 saturated heterocycles. The maximum absolute atomic E-state index is 12.1. The lowest BCUT2D eigenvalue weighted by Gasteiger charge is -2.21. The van der Waals surface area contributed by atoms with E-state index in [2.05, 4.69) is 5.32 Å². The van der Waals surface area contributed by atoms with Gasteiger partial charge in [0.2, 0.25) is 5.91 Å². The van der Waals surface area contributed by atoms with E-state index in [-0.39, 0.29) is 17.5 Å². The minimum atomic E-state index is -0.968. The van der Waals surface area contributed by atoms with Crippen molar-refractivity contribution in [1.29, 1.82) is 0 Å². The number of carboxylic acids is 1. The van der Waals surface area contributed by atoms with E-state index in [9.17, 15) is 9.59 Å². The molecule has 1 aromatic carbocycles. The van der Waals surface area contributed by atoms with Gasteiger partial charge < -0.3 is 10.0 Å². The Morgan fingerprint density at radius 2 is 2.06 bits per heavy atom. The highest BCUT2D eigenvalue weighted by Crippen LogP contribution is 2.18. The van der Waals surface area contributed by atoms with Crippen molar-refractivity contribution >= 4 is 29.3 Å². The van der Waals surface area contributed by atoms with Crippen molar-refractivity contribution in [3.8, 4) is 0 Å². The van der Waals surface area contributed by atoms with Crippen LogP contribution in [0.4, 0.5) is 5.69 Å². The van der Waals surface area contributed by atoms with Crippen molar-refractivity contribution in [3.63, 3.8) is 0 Å². The van der Waals surface area contributed by atoms with Gasteiger partial charge in [-0.1, -0.05) is 0 Å². The molecule has 0 bridgehead atoms. The number of rotatable bonds is 3. The lowest BCUT2D eigenvalue weighted by molar-refractivity contribution is -0.119. The number of aromatic carboxylic acids is 1. The van der Waals surface area contributed by atoms with Gasteiger partial charge in [-0.2, -0.15) is 0 Å². The van der Waals surface area contributed by atoms with E-state index in [0.29, 0.717) is 5.69 Å². The summed E-state index contributed by atoms with van der Waals surface area (Å²) in [6.45, 7) is 0. The molecule has 18 heavy (non-hydrogen) atoms. The maximum Gasteiger partial charge on any atom is 0.335 e. The van der Waals surface area contributed by atoms with Crippen LogP contribution in [0.5, 0.6) is 0 Å². The number of carbonyl (C=O) groups is 2. The Morgan fingerprint density at radius 3 is 2.56 bits per heavy atom. The van der Waals surface area contributed by atoms with Crippen molar-refractivity contribution in [2.75, 3.05) is 23.6 Å². The summed E-state index contributed by atoms with van der Waals surface area (Å²) < 4.78 is 0. The molecule has 1 aromatic rings. The zero-order chi connectivity index (χ0) is 13.1. The van der Waals surface area contributed by atoms with Gasteiger partial charge in [0, 0.05) is 24.4 Å². The zero-order valence-corrected chi connectivity index (χ0v) is 10.7. The van der Waals surface area contributed by atoms with Crippen LogP contribution >= 0.6 is 11.8 Å². The minimum absolute atomic E-state index is 0.00285. The summed E-state index contributed by atoms with van der Waals surface area (Å²) in [5, 5.41) is 11.9. The Kier molecular flexibility index (Phi) is 3.88. The Morgan fingerprint density at radius 1 is 1.39 bits per heavy atom. The summed E-state index contributed by atoms with van der Waals surface area (Å²) in [4.78, 5) is 24.4. The van der Waals surface area contributed by atoms with E-state index >= 15 is 0 Å². The number of anilines is 1. The molecule has 1 atom stereocenters. The van der Waals surface area contributed by atoms with Crippen molar-refractivity contribution in [2.24, 2.45) is 0 Å². The van der Waals surface area contributed by atoms with Gasteiger partial charge in [0.25, 0.3) is 0 Å². The zero-order valence-electron chi connectivity index (χ0n) is 9.92. The first-order valence-corrected chi connectivity index (χ1v) is 6.67. The van der Waals surface area contributed by atoms with Crippen LogP contribution in [-0.4, -0.2) is 41.7 Å². The fraction of sp³-hybridized carbons (Fsp3) is 0.333. The first kappa shape index (κ1) is 12.9. The van der Waals surface area contributed by atoms with Crippen LogP contribution in [-0.2, 0) is 4.79 Å². The number of carboxylic acid groups (broad SMARTS) is 1. The fourth-order valence-corrected chi connectivity index (χ4v) is 2.68. The molecule has 0 aliphatic carbocycles. The van der Waals surface area contributed by atoms with Crippen LogP contribution in [0.25, 0.3) is 0 Å². The predicted molar refractivity (Wildman–Crippen MR) is 71.1 cm³/mol. The molecule has 1 fully saturated rings. The van der Waals surface area contributed by atoms with Gasteiger partial charge in [-0.3, -0.25) is 10.1 Å². The van der Waals surface area contributed by atoms with Crippen LogP contribution in [0, 0.1) is 0 Å². The average molecular weight is 266 g/mol. The molecular formula is C12H14N2O3S. The highest BCUT2D eigenvalue weighted by molar-refractivity contribution is 7.99. The smallest absolute Gasteiger partial charge is 0.335 e. The van der Waals surface area contributed by atoms with Crippen LogP contribution in [0.1, 0.15) is 10.4 Å². The second kappa shape index (κ2) is 5.41. The van der Waals surface area contributed by atoms with Gasteiger partial charge >= 0.3 is 5.97 Å². The molecule has 6 heteroatoms. The van der Waals surface area contributed by atoms with E-state index in [1.54, 1.807) is 35.8 Å². The van der Waals surface area contributed by atoms with Gasteiger partial charge in [0.05, 0.1) is 11.6 Å². The lowest BCUT2D eigenvalue weighted by atomic mass is 10.2. The highest BCUT2D eigenvalue weighted by atomic mass is 32.2. The molecular weight excluding hydrogens is 252 g/mol. The molecule has 0 radical (unpaired) electrons. The molecule has 1 amide bonds. The third-order valence-electron chi connectivity index (χ3n) is 2.85. The largest absolute Gasteiger partial charge is 0.478 e. The second-order valence-corrected chi connectivity index (χ2v) is 5.05. The molecule has 1 heterocycles. The summed E-state index contributed by atoms with van der Waals surface area (Å²) in [5.41, 5.74) is 0.915. The molecule has 96 valence electrons. The summed E-state index contributed by atoms with van der Waals surface area (Å²) in [7, 11) is 1.70. The molecule has 1 aliphatic heterocycles. The number of thioether (sulfide) groups is 1. The lowest BCUT2D eigenvalue weighted by Crippen LogP contribution is -2.43. The minimum Gasteiger partial charge on any atom is -0.478 e. The monoisotopic (exact) mass is 266 g/mol. The maximum atomic E-state index is 12.1. The molecule has 2 N–H and O–H groups in total. The van der Waals surface area contributed by atoms with Gasteiger partial charge in [0.1, 0.15) is 0 Å². The number of hydrogen-bond donors (Lipinski definition) is 2. The molecule has 1 unspecified atom stereocenters. The number of nitrogens with zero attached hydrogens (tertiary/aromatic N) is 1. The first-order valence-electron chi connectivity index (χ1n) is 5.51. The summed E-state index contributed by atoms with van der Waals surface area (Å²) in [5.74, 6) is 0.603. The van der Waals surface area contributed by atoms with E-state index < -0.39 is 5.97 Å². The SMILES string of the molecule is CN(C(=O)C1CSCN1)c1ccc(C(=O)O)cc1.